The Morgan fingerprint density at radius 2 is 1.71 bits per heavy atom. The molecule has 0 saturated carbocycles. The summed E-state index contributed by atoms with van der Waals surface area (Å²) in [6.45, 7) is 0. The molecule has 0 fully saturated rings. The molecule has 5 rings (SSSR count). The fraction of sp³-hybridized carbons (Fsp3) is 0.0385. The quantitative estimate of drug-likeness (QED) is 0.378. The van der Waals surface area contributed by atoms with Crippen molar-refractivity contribution in [2.45, 2.75) is 0 Å². The summed E-state index contributed by atoms with van der Waals surface area (Å²) < 4.78 is 16.7. The number of fused-ring (bicyclic) bond motifs is 1. The molecule has 0 atom stereocenters. The van der Waals surface area contributed by atoms with Gasteiger partial charge < -0.3 is 0 Å². The van der Waals surface area contributed by atoms with Crippen molar-refractivity contribution in [1.29, 1.82) is 0 Å². The minimum atomic E-state index is -0.368. The normalized spacial score (nSPS) is 10.6. The molecular weight excluding hydrogens is 387 g/mol. The van der Waals surface area contributed by atoms with E-state index >= 15 is 4.39 Å². The molecule has 0 aliphatic carbocycles. The summed E-state index contributed by atoms with van der Waals surface area (Å²) in [5.74, 6) is 5.67. The van der Waals surface area contributed by atoms with Crippen LogP contribution in [0, 0.1) is 17.7 Å². The van der Waals surface area contributed by atoms with E-state index in [4.69, 9.17) is 0 Å². The number of hydrogen-bond donors (Lipinski definition) is 0. The average molecular weight is 404 g/mol. The molecule has 148 valence electrons. The Hall–Kier alpha value is -4.30. The summed E-state index contributed by atoms with van der Waals surface area (Å²) in [6.07, 6.45) is 5.30. The average Bonchev–Trinajstić information content (AvgIpc) is 3.19. The number of aromatic nitrogens is 4. The van der Waals surface area contributed by atoms with Gasteiger partial charge in [0.1, 0.15) is 17.2 Å². The van der Waals surface area contributed by atoms with Crippen LogP contribution in [0.2, 0.25) is 0 Å². The number of pyridine rings is 2. The van der Waals surface area contributed by atoms with E-state index in [1.165, 1.54) is 6.07 Å². The zero-order chi connectivity index (χ0) is 21.2. The molecular formula is C26H17FN4. The van der Waals surface area contributed by atoms with Gasteiger partial charge in [0, 0.05) is 47.7 Å². The zero-order valence-corrected chi connectivity index (χ0v) is 16.7. The number of para-hydroxylation sites is 1. The maximum atomic E-state index is 15.0. The molecule has 5 heteroatoms. The smallest absolute Gasteiger partial charge is 0.133 e. The van der Waals surface area contributed by atoms with Gasteiger partial charge in [0.25, 0.3) is 0 Å². The Labute approximate surface area is 179 Å². The first-order valence-corrected chi connectivity index (χ1v) is 9.79. The molecule has 5 aromatic rings. The number of hydrogen-bond acceptors (Lipinski definition) is 3. The maximum Gasteiger partial charge on any atom is 0.133 e. The third-order valence-corrected chi connectivity index (χ3v) is 4.98. The lowest BCUT2D eigenvalue weighted by Gasteiger charge is -2.04. The van der Waals surface area contributed by atoms with E-state index in [0.29, 0.717) is 22.5 Å². The second-order valence-corrected chi connectivity index (χ2v) is 7.13. The van der Waals surface area contributed by atoms with E-state index < -0.39 is 0 Å². The molecule has 3 aromatic heterocycles. The molecule has 0 spiro atoms. The SMILES string of the molecule is Cn1cc(-c2ccncc2)c(-c2ccc(C#Cc3ccc4ccccc4n3)cc2F)n1. The van der Waals surface area contributed by atoms with Crippen molar-refractivity contribution in [2.75, 3.05) is 0 Å². The van der Waals surface area contributed by atoms with Gasteiger partial charge in [0.15, 0.2) is 0 Å². The molecule has 0 unspecified atom stereocenters. The van der Waals surface area contributed by atoms with E-state index in [0.717, 1.165) is 22.0 Å². The van der Waals surface area contributed by atoms with E-state index in [9.17, 15) is 0 Å². The van der Waals surface area contributed by atoms with Crippen molar-refractivity contribution in [2.24, 2.45) is 7.05 Å². The minimum Gasteiger partial charge on any atom is -0.275 e. The summed E-state index contributed by atoms with van der Waals surface area (Å²) in [4.78, 5) is 8.59. The summed E-state index contributed by atoms with van der Waals surface area (Å²) in [6, 6.07) is 20.5. The largest absolute Gasteiger partial charge is 0.275 e. The van der Waals surface area contributed by atoms with E-state index in [2.05, 4.69) is 26.9 Å². The van der Waals surface area contributed by atoms with Gasteiger partial charge in [0.2, 0.25) is 0 Å². The standard InChI is InChI=1S/C26H17FN4/c1-31-17-23(19-12-14-28-15-13-19)26(30-31)22-11-7-18(16-24(22)27)6-9-21-10-8-20-4-2-3-5-25(20)29-21/h2-5,7-8,10-17H,1H3. The van der Waals surface area contributed by atoms with Gasteiger partial charge >= 0.3 is 0 Å². The van der Waals surface area contributed by atoms with Gasteiger partial charge in [-0.25, -0.2) is 9.37 Å². The Morgan fingerprint density at radius 3 is 2.55 bits per heavy atom. The first kappa shape index (κ1) is 18.7. The fourth-order valence-electron chi connectivity index (χ4n) is 3.49. The topological polar surface area (TPSA) is 43.6 Å². The monoisotopic (exact) mass is 404 g/mol. The van der Waals surface area contributed by atoms with Crippen molar-refractivity contribution >= 4 is 10.9 Å². The highest BCUT2D eigenvalue weighted by Gasteiger charge is 2.15. The summed E-state index contributed by atoms with van der Waals surface area (Å²) in [5, 5.41) is 5.54. The molecule has 0 bridgehead atoms. The van der Waals surface area contributed by atoms with Crippen LogP contribution in [0.3, 0.4) is 0 Å². The van der Waals surface area contributed by atoms with Gasteiger partial charge in [-0.2, -0.15) is 5.10 Å². The molecule has 3 heterocycles. The second-order valence-electron chi connectivity index (χ2n) is 7.13. The Balaban J connectivity index is 1.49. The molecule has 0 saturated heterocycles. The number of aryl methyl sites for hydroxylation is 1. The van der Waals surface area contributed by atoms with E-state index in [-0.39, 0.29) is 5.82 Å². The maximum absolute atomic E-state index is 15.0. The molecule has 0 radical (unpaired) electrons. The van der Waals surface area contributed by atoms with Crippen molar-refractivity contribution in [3.05, 3.63) is 102 Å². The van der Waals surface area contributed by atoms with Crippen molar-refractivity contribution in [3.8, 4) is 34.2 Å². The molecule has 0 aliphatic rings. The first-order chi connectivity index (χ1) is 15.2. The van der Waals surface area contributed by atoms with Crippen molar-refractivity contribution < 1.29 is 4.39 Å². The van der Waals surface area contributed by atoms with Crippen molar-refractivity contribution in [3.63, 3.8) is 0 Å². The van der Waals surface area contributed by atoms with Crippen LogP contribution in [0.15, 0.2) is 85.3 Å². The number of nitrogens with zero attached hydrogens (tertiary/aromatic N) is 4. The molecule has 31 heavy (non-hydrogen) atoms. The van der Waals surface area contributed by atoms with Crippen molar-refractivity contribution in [1.82, 2.24) is 19.7 Å². The molecule has 4 nitrogen and oxygen atoms in total. The highest BCUT2D eigenvalue weighted by molar-refractivity contribution is 5.81. The zero-order valence-electron chi connectivity index (χ0n) is 16.7. The van der Waals surface area contributed by atoms with Crippen LogP contribution in [0.1, 0.15) is 11.3 Å². The van der Waals surface area contributed by atoms with Crippen LogP contribution in [-0.4, -0.2) is 19.7 Å². The number of benzene rings is 2. The van der Waals surface area contributed by atoms with Gasteiger partial charge in [0.05, 0.1) is 5.52 Å². The summed E-state index contributed by atoms with van der Waals surface area (Å²) in [7, 11) is 1.82. The van der Waals surface area contributed by atoms with Crippen LogP contribution < -0.4 is 0 Å². The Morgan fingerprint density at radius 1 is 0.871 bits per heavy atom. The Kier molecular flexibility index (Phi) is 4.74. The third kappa shape index (κ3) is 3.79. The first-order valence-electron chi connectivity index (χ1n) is 9.79. The van der Waals surface area contributed by atoms with Gasteiger partial charge in [-0.1, -0.05) is 30.2 Å². The Bertz CT molecular complexity index is 1460. The third-order valence-electron chi connectivity index (χ3n) is 4.98. The van der Waals surface area contributed by atoms with Crippen LogP contribution in [-0.2, 0) is 7.05 Å². The molecule has 0 amide bonds. The van der Waals surface area contributed by atoms with Crippen LogP contribution >= 0.6 is 0 Å². The highest BCUT2D eigenvalue weighted by Crippen LogP contribution is 2.32. The van der Waals surface area contributed by atoms with Gasteiger partial charge in [-0.05, 0) is 53.9 Å². The highest BCUT2D eigenvalue weighted by atomic mass is 19.1. The van der Waals surface area contributed by atoms with Crippen LogP contribution in [0.25, 0.3) is 33.3 Å². The minimum absolute atomic E-state index is 0.368. The summed E-state index contributed by atoms with van der Waals surface area (Å²) in [5.41, 5.74) is 4.91. The van der Waals surface area contributed by atoms with Gasteiger partial charge in [-0.3, -0.25) is 9.67 Å². The van der Waals surface area contributed by atoms with E-state index in [1.54, 1.807) is 29.2 Å². The lowest BCUT2D eigenvalue weighted by molar-refractivity contribution is 0.629. The number of rotatable bonds is 2. The fourth-order valence-corrected chi connectivity index (χ4v) is 3.49. The lowest BCUT2D eigenvalue weighted by Crippen LogP contribution is -1.91. The predicted octanol–water partition coefficient (Wildman–Crippen LogP) is 5.24. The molecule has 0 aliphatic heterocycles. The second kappa shape index (κ2) is 7.85. The van der Waals surface area contributed by atoms with Gasteiger partial charge in [-0.15, -0.1) is 0 Å². The number of halogens is 1. The van der Waals surface area contributed by atoms with E-state index in [1.807, 2.05) is 61.8 Å². The lowest BCUT2D eigenvalue weighted by atomic mass is 10.0. The summed E-state index contributed by atoms with van der Waals surface area (Å²) >= 11 is 0. The van der Waals surface area contributed by atoms with Crippen LogP contribution in [0.4, 0.5) is 4.39 Å². The van der Waals surface area contributed by atoms with Crippen LogP contribution in [0.5, 0.6) is 0 Å². The molecule has 2 aromatic carbocycles. The predicted molar refractivity (Wildman–Crippen MR) is 120 cm³/mol. The molecule has 0 N–H and O–H groups in total.